The summed E-state index contributed by atoms with van der Waals surface area (Å²) in [5.74, 6) is -1.97. The molecule has 7 rings (SSSR count). The van der Waals surface area contributed by atoms with Gasteiger partial charge in [0, 0.05) is 91.1 Å². The largest absolute Gasteiger partial charge is 0.475 e. The zero-order valence-corrected chi connectivity index (χ0v) is 35.4. The quantitative estimate of drug-likeness (QED) is 0.141. The van der Waals surface area contributed by atoms with Crippen molar-refractivity contribution in [1.29, 1.82) is 0 Å². The van der Waals surface area contributed by atoms with Gasteiger partial charge < -0.3 is 24.6 Å². The van der Waals surface area contributed by atoms with Crippen LogP contribution >= 0.6 is 0 Å². The third kappa shape index (κ3) is 10.1. The number of imide groups is 2. The third-order valence-electron chi connectivity index (χ3n) is 11.7. The maximum Gasteiger partial charge on any atom is 0.416 e. The number of hydrogen-bond acceptors (Lipinski definition) is 12. The Morgan fingerprint density at radius 3 is 2.43 bits per heavy atom. The number of carbonyl (C=O) groups excluding carboxylic acids is 5. The van der Waals surface area contributed by atoms with Crippen molar-refractivity contribution in [2.75, 3.05) is 67.7 Å². The highest BCUT2D eigenvalue weighted by Gasteiger charge is 2.36. The molecule has 18 heteroatoms. The normalized spacial score (nSPS) is 19.6. The maximum atomic E-state index is 13.7. The Labute approximate surface area is 362 Å². The number of nitrogens with zero attached hydrogens (tertiary/aromatic N) is 6. The number of ether oxygens (including phenoxy) is 2. The van der Waals surface area contributed by atoms with Gasteiger partial charge in [0.15, 0.2) is 0 Å². The van der Waals surface area contributed by atoms with E-state index >= 15 is 0 Å². The predicted octanol–water partition coefficient (Wildman–Crippen LogP) is 5.25. The van der Waals surface area contributed by atoms with Crippen LogP contribution in [0.15, 0.2) is 67.0 Å². The van der Waals surface area contributed by atoms with Crippen LogP contribution in [0.3, 0.4) is 0 Å². The first-order valence-corrected chi connectivity index (χ1v) is 20.8. The van der Waals surface area contributed by atoms with Crippen LogP contribution in [0.1, 0.15) is 64.2 Å². The Morgan fingerprint density at radius 2 is 1.73 bits per heavy atom. The van der Waals surface area contributed by atoms with Crippen molar-refractivity contribution in [3.05, 3.63) is 94.9 Å². The van der Waals surface area contributed by atoms with Crippen molar-refractivity contribution in [2.24, 2.45) is 0 Å². The zero-order valence-electron chi connectivity index (χ0n) is 35.4. The van der Waals surface area contributed by atoms with E-state index < -0.39 is 41.4 Å². The van der Waals surface area contributed by atoms with Crippen molar-refractivity contribution in [2.45, 2.75) is 64.8 Å². The van der Waals surface area contributed by atoms with Crippen LogP contribution in [-0.4, -0.2) is 120 Å². The minimum absolute atomic E-state index is 0.0348. The van der Waals surface area contributed by atoms with Gasteiger partial charge in [0.05, 0.1) is 30.7 Å². The molecule has 3 saturated heterocycles. The smallest absolute Gasteiger partial charge is 0.416 e. The molecule has 0 radical (unpaired) electrons. The predicted molar refractivity (Wildman–Crippen MR) is 228 cm³/mol. The highest BCUT2D eigenvalue weighted by atomic mass is 19.4. The first-order valence-electron chi connectivity index (χ1n) is 20.8. The lowest BCUT2D eigenvalue weighted by Gasteiger charge is -2.45. The number of amides is 5. The molecular formula is C45H49F3N8O7. The molecular weight excluding hydrogens is 822 g/mol. The van der Waals surface area contributed by atoms with Gasteiger partial charge in [-0.05, 0) is 82.1 Å². The monoisotopic (exact) mass is 870 g/mol. The van der Waals surface area contributed by atoms with Crippen LogP contribution in [0.4, 0.5) is 30.2 Å². The number of pyridine rings is 2. The minimum Gasteiger partial charge on any atom is -0.475 e. The fourth-order valence-corrected chi connectivity index (χ4v) is 8.31. The molecule has 3 aliphatic heterocycles. The lowest BCUT2D eigenvalue weighted by atomic mass is 10.0. The Kier molecular flexibility index (Phi) is 13.4. The second-order valence-electron chi connectivity index (χ2n) is 16.0. The minimum atomic E-state index is -4.59. The number of alkyl halides is 3. The second-order valence-corrected chi connectivity index (χ2v) is 16.0. The van der Waals surface area contributed by atoms with Crippen molar-refractivity contribution < 1.29 is 46.6 Å². The summed E-state index contributed by atoms with van der Waals surface area (Å²) < 4.78 is 52.0. The molecule has 0 aliphatic carbocycles. The first kappa shape index (κ1) is 44.6. The average Bonchev–Trinajstić information content (AvgIpc) is 3.26. The first-order chi connectivity index (χ1) is 30.1. The van der Waals surface area contributed by atoms with Gasteiger partial charge in [-0.15, -0.1) is 0 Å². The fraction of sp³-hybridized carbons (Fsp3) is 0.400. The van der Waals surface area contributed by atoms with E-state index in [-0.39, 0.29) is 30.5 Å². The number of morpholine rings is 1. The topological polar surface area (TPSA) is 167 Å². The number of hydrogen-bond donors (Lipinski definition) is 2. The molecule has 2 aromatic heterocycles. The number of aromatic nitrogens is 2. The number of nitrogens with one attached hydrogen (secondary N) is 2. The van der Waals surface area contributed by atoms with Crippen LogP contribution < -0.4 is 25.2 Å². The van der Waals surface area contributed by atoms with Gasteiger partial charge in [0.2, 0.25) is 24.1 Å². The van der Waals surface area contributed by atoms with E-state index in [1.165, 1.54) is 18.3 Å². The van der Waals surface area contributed by atoms with E-state index in [9.17, 15) is 37.1 Å². The molecule has 4 aromatic rings. The summed E-state index contributed by atoms with van der Waals surface area (Å²) >= 11 is 0. The van der Waals surface area contributed by atoms with Crippen LogP contribution in [0.25, 0.3) is 11.1 Å². The van der Waals surface area contributed by atoms with Gasteiger partial charge in [-0.3, -0.25) is 44.1 Å². The van der Waals surface area contributed by atoms with Gasteiger partial charge in [-0.2, -0.15) is 13.2 Å². The highest BCUT2D eigenvalue weighted by Crippen LogP contribution is 2.35. The number of piperazine rings is 1. The highest BCUT2D eigenvalue weighted by molar-refractivity contribution is 6.08. The molecule has 0 spiro atoms. The van der Waals surface area contributed by atoms with Gasteiger partial charge in [-0.25, -0.2) is 4.98 Å². The molecule has 5 amide bonds. The molecule has 2 aromatic carbocycles. The molecule has 5 heterocycles. The third-order valence-corrected chi connectivity index (χ3v) is 11.7. The lowest BCUT2D eigenvalue weighted by molar-refractivity contribution is -0.139. The Hall–Kier alpha value is -6.40. The van der Waals surface area contributed by atoms with Crippen molar-refractivity contribution in [3.63, 3.8) is 0 Å². The van der Waals surface area contributed by atoms with Crippen molar-refractivity contribution in [3.8, 4) is 17.0 Å². The number of anilines is 3. The SMILES string of the molecule is Cc1ccc(N2CC(C)N(CCOc3ncc(-c4cc(NC(=O)c5cccc(C(F)(F)F)c5)cnc4C)cc3N3CCOCC3)C(C)C2)cc1C(=O)N(C=O)C1CCC(=O)NC1=O. The van der Waals surface area contributed by atoms with Crippen LogP contribution in [0.2, 0.25) is 0 Å². The van der Waals surface area contributed by atoms with E-state index in [1.54, 1.807) is 25.3 Å². The second kappa shape index (κ2) is 18.9. The molecule has 2 N–H and O–H groups in total. The van der Waals surface area contributed by atoms with E-state index in [4.69, 9.17) is 14.5 Å². The number of aryl methyl sites for hydroxylation is 2. The van der Waals surface area contributed by atoms with Gasteiger partial charge in [-0.1, -0.05) is 12.1 Å². The average molecular weight is 871 g/mol. The molecule has 15 nitrogen and oxygen atoms in total. The van der Waals surface area contributed by atoms with Crippen LogP contribution in [0, 0.1) is 13.8 Å². The molecule has 0 bridgehead atoms. The van der Waals surface area contributed by atoms with Gasteiger partial charge in [0.25, 0.3) is 11.8 Å². The summed E-state index contributed by atoms with van der Waals surface area (Å²) in [6.07, 6.45) is -1.01. The number of rotatable bonds is 12. The molecule has 3 aliphatic rings. The molecule has 3 unspecified atom stereocenters. The van der Waals surface area contributed by atoms with E-state index in [0.29, 0.717) is 98.5 Å². The Bertz CT molecular complexity index is 2380. The Balaban J connectivity index is 1.02. The summed E-state index contributed by atoms with van der Waals surface area (Å²) in [7, 11) is 0. The van der Waals surface area contributed by atoms with Crippen LogP contribution in [-0.2, 0) is 25.3 Å². The lowest BCUT2D eigenvalue weighted by Crippen LogP contribution is -2.57. The molecule has 332 valence electrons. The number of halogens is 3. The summed E-state index contributed by atoms with van der Waals surface area (Å²) in [6.45, 7) is 12.3. The fourth-order valence-electron chi connectivity index (χ4n) is 8.31. The number of carbonyl (C=O) groups is 5. The molecule has 3 atom stereocenters. The number of piperidine rings is 1. The van der Waals surface area contributed by atoms with E-state index in [1.807, 2.05) is 25.1 Å². The summed E-state index contributed by atoms with van der Waals surface area (Å²) in [5.41, 5.74) is 3.80. The molecule has 3 fully saturated rings. The standard InChI is InChI=1S/C45H49F3N8O7/c1-27-8-9-35(21-36(27)44(61)56(26-57)38-10-11-40(58)52-42(38)60)54-24-28(2)55(29(3)25-54)14-17-63-43-39(53-12-15-62-16-13-53)19-32(22-50-43)37-20-34(23-49-30(37)4)51-41(59)31-6-5-7-33(18-31)45(46,47)48/h5-9,18-23,26,28-29,38H,10-17,24-25H2,1-4H3,(H,51,59)(H,52,58,60). The summed E-state index contributed by atoms with van der Waals surface area (Å²) in [6, 6.07) is 12.5. The molecule has 63 heavy (non-hydrogen) atoms. The molecule has 0 saturated carbocycles. The van der Waals surface area contributed by atoms with Gasteiger partial charge in [0.1, 0.15) is 18.3 Å². The van der Waals surface area contributed by atoms with Gasteiger partial charge >= 0.3 is 6.18 Å². The van der Waals surface area contributed by atoms with Crippen molar-refractivity contribution in [1.82, 2.24) is 25.1 Å². The zero-order chi connectivity index (χ0) is 45.0. The van der Waals surface area contributed by atoms with E-state index in [2.05, 4.69) is 44.2 Å². The maximum absolute atomic E-state index is 13.7. The summed E-state index contributed by atoms with van der Waals surface area (Å²) in [4.78, 5) is 79.7. The Morgan fingerprint density at radius 1 is 0.984 bits per heavy atom. The summed E-state index contributed by atoms with van der Waals surface area (Å²) in [5, 5.41) is 4.89. The van der Waals surface area contributed by atoms with E-state index in [0.717, 1.165) is 28.4 Å². The van der Waals surface area contributed by atoms with Crippen LogP contribution in [0.5, 0.6) is 5.88 Å². The number of benzene rings is 2. The van der Waals surface area contributed by atoms with Crippen molar-refractivity contribution >= 4 is 47.1 Å².